The fraction of sp³-hybridized carbons (Fsp3) is 0.316. The highest BCUT2D eigenvalue weighted by atomic mass is 19.1. The van der Waals surface area contributed by atoms with E-state index in [-0.39, 0.29) is 18.2 Å². The van der Waals surface area contributed by atoms with Gasteiger partial charge < -0.3 is 20.5 Å². The number of rotatable bonds is 4. The summed E-state index contributed by atoms with van der Waals surface area (Å²) in [7, 11) is 0. The van der Waals surface area contributed by atoms with Crippen LogP contribution < -0.4 is 15.4 Å². The summed E-state index contributed by atoms with van der Waals surface area (Å²) in [4.78, 5) is 12.2. The van der Waals surface area contributed by atoms with Gasteiger partial charge in [0, 0.05) is 17.7 Å². The Morgan fingerprint density at radius 3 is 2.84 bits per heavy atom. The molecule has 2 unspecified atom stereocenters. The molecule has 0 aliphatic carbocycles. The molecule has 0 bridgehead atoms. The number of aliphatic hydroxyl groups is 1. The molecule has 3 rings (SSSR count). The first-order valence-corrected chi connectivity index (χ1v) is 8.33. The average Bonchev–Trinajstić information content (AvgIpc) is 2.83. The summed E-state index contributed by atoms with van der Waals surface area (Å²) in [6, 6.07) is 13.0. The molecule has 0 saturated heterocycles. The molecule has 5 nitrogen and oxygen atoms in total. The first-order chi connectivity index (χ1) is 12.1. The van der Waals surface area contributed by atoms with Gasteiger partial charge in [-0.2, -0.15) is 0 Å². The quantitative estimate of drug-likeness (QED) is 0.798. The Morgan fingerprint density at radius 2 is 2.00 bits per heavy atom. The molecule has 0 saturated carbocycles. The molecule has 132 valence electrons. The number of hydrogen-bond donors (Lipinski definition) is 3. The Morgan fingerprint density at radius 1 is 1.24 bits per heavy atom. The molecule has 0 radical (unpaired) electrons. The van der Waals surface area contributed by atoms with Gasteiger partial charge in [0.15, 0.2) is 0 Å². The van der Waals surface area contributed by atoms with Gasteiger partial charge in [-0.15, -0.1) is 0 Å². The van der Waals surface area contributed by atoms with Crippen molar-refractivity contribution in [2.75, 3.05) is 13.2 Å². The third-order valence-corrected chi connectivity index (χ3v) is 4.21. The Hall–Kier alpha value is -2.60. The topological polar surface area (TPSA) is 70.6 Å². The number of amides is 2. The van der Waals surface area contributed by atoms with Crippen molar-refractivity contribution >= 4 is 6.03 Å². The van der Waals surface area contributed by atoms with Gasteiger partial charge in [0.05, 0.1) is 18.8 Å². The summed E-state index contributed by atoms with van der Waals surface area (Å²) < 4.78 is 19.3. The number of urea groups is 1. The van der Waals surface area contributed by atoms with Crippen molar-refractivity contribution in [1.29, 1.82) is 0 Å². The number of carbonyl (C=O) groups is 1. The zero-order chi connectivity index (χ0) is 17.6. The summed E-state index contributed by atoms with van der Waals surface area (Å²) >= 11 is 0. The van der Waals surface area contributed by atoms with Gasteiger partial charge in [0.1, 0.15) is 11.6 Å². The van der Waals surface area contributed by atoms with Crippen LogP contribution in [0.4, 0.5) is 9.18 Å². The summed E-state index contributed by atoms with van der Waals surface area (Å²) in [6.07, 6.45) is 0.495. The number of benzene rings is 2. The minimum absolute atomic E-state index is 0.0718. The third-order valence-electron chi connectivity index (χ3n) is 4.21. The van der Waals surface area contributed by atoms with E-state index < -0.39 is 18.0 Å². The maximum atomic E-state index is 13.6. The van der Waals surface area contributed by atoms with Crippen LogP contribution in [0.5, 0.6) is 5.75 Å². The van der Waals surface area contributed by atoms with Gasteiger partial charge in [-0.3, -0.25) is 0 Å². The van der Waals surface area contributed by atoms with Crippen molar-refractivity contribution in [2.24, 2.45) is 0 Å². The van der Waals surface area contributed by atoms with E-state index in [9.17, 15) is 14.3 Å². The largest absolute Gasteiger partial charge is 0.493 e. The normalized spacial score (nSPS) is 17.6. The summed E-state index contributed by atoms with van der Waals surface area (Å²) in [6.45, 7) is 0.542. The first-order valence-electron chi connectivity index (χ1n) is 8.33. The van der Waals surface area contributed by atoms with Crippen molar-refractivity contribution in [2.45, 2.75) is 25.0 Å². The minimum Gasteiger partial charge on any atom is -0.493 e. The molecule has 2 atom stereocenters. The maximum absolute atomic E-state index is 13.6. The molecule has 2 aromatic carbocycles. The lowest BCUT2D eigenvalue weighted by molar-refractivity contribution is 0.168. The molecule has 3 N–H and O–H groups in total. The Bertz CT molecular complexity index is 738. The Kier molecular flexibility index (Phi) is 5.50. The molecular weight excluding hydrogens is 323 g/mol. The molecule has 1 aliphatic heterocycles. The number of nitrogens with one attached hydrogen (secondary N) is 2. The Labute approximate surface area is 145 Å². The van der Waals surface area contributed by atoms with Gasteiger partial charge in [-0.25, -0.2) is 9.18 Å². The van der Waals surface area contributed by atoms with Gasteiger partial charge in [-0.05, 0) is 25.0 Å². The van der Waals surface area contributed by atoms with Crippen molar-refractivity contribution in [1.82, 2.24) is 10.6 Å². The van der Waals surface area contributed by atoms with Crippen LogP contribution in [0.15, 0.2) is 48.5 Å². The lowest BCUT2D eigenvalue weighted by atomic mass is 10.0. The number of fused-ring (bicyclic) bond motifs is 1. The van der Waals surface area contributed by atoms with Gasteiger partial charge >= 0.3 is 6.03 Å². The van der Waals surface area contributed by atoms with E-state index in [1.165, 1.54) is 12.1 Å². The second kappa shape index (κ2) is 7.98. The summed E-state index contributed by atoms with van der Waals surface area (Å²) in [5, 5.41) is 15.6. The first kappa shape index (κ1) is 17.2. The lowest BCUT2D eigenvalue weighted by Gasteiger charge is -2.19. The summed E-state index contributed by atoms with van der Waals surface area (Å²) in [5.41, 5.74) is 1.10. The van der Waals surface area contributed by atoms with Crippen LogP contribution in [-0.4, -0.2) is 24.3 Å². The van der Waals surface area contributed by atoms with Crippen molar-refractivity contribution in [3.8, 4) is 5.75 Å². The van der Waals surface area contributed by atoms with E-state index in [1.54, 1.807) is 12.1 Å². The standard InChI is InChI=1S/C19H21FN2O3/c20-15-8-3-1-6-13(15)17(23)12-21-19(24)22-16-9-5-11-25-18-10-4-2-7-14(16)18/h1-4,6-8,10,16-17,23H,5,9,11-12H2,(H2,21,22,24). The number of hydrogen-bond acceptors (Lipinski definition) is 3. The summed E-state index contributed by atoms with van der Waals surface area (Å²) in [5.74, 6) is 0.281. The van der Waals surface area contributed by atoms with Crippen LogP contribution in [0.1, 0.15) is 36.1 Å². The van der Waals surface area contributed by atoms with Crippen LogP contribution in [0.2, 0.25) is 0 Å². The molecule has 0 fully saturated rings. The predicted molar refractivity (Wildman–Crippen MR) is 91.8 cm³/mol. The van der Waals surface area contributed by atoms with E-state index in [2.05, 4.69) is 10.6 Å². The number of carbonyl (C=O) groups excluding carboxylic acids is 1. The zero-order valence-electron chi connectivity index (χ0n) is 13.7. The van der Waals surface area contributed by atoms with E-state index in [4.69, 9.17) is 4.74 Å². The number of aliphatic hydroxyl groups excluding tert-OH is 1. The van der Waals surface area contributed by atoms with Crippen LogP contribution in [0, 0.1) is 5.82 Å². The van der Waals surface area contributed by atoms with Crippen LogP contribution in [0.25, 0.3) is 0 Å². The second-order valence-electron chi connectivity index (χ2n) is 5.97. The highest BCUT2D eigenvalue weighted by molar-refractivity contribution is 5.74. The zero-order valence-corrected chi connectivity index (χ0v) is 13.7. The number of ether oxygens (including phenoxy) is 1. The number of para-hydroxylation sites is 1. The van der Waals surface area contributed by atoms with Gasteiger partial charge in [-0.1, -0.05) is 36.4 Å². The van der Waals surface area contributed by atoms with Crippen molar-refractivity contribution < 1.29 is 19.0 Å². The molecule has 0 aromatic heterocycles. The van der Waals surface area contributed by atoms with Crippen molar-refractivity contribution in [3.63, 3.8) is 0 Å². The highest BCUT2D eigenvalue weighted by Crippen LogP contribution is 2.31. The fourth-order valence-electron chi connectivity index (χ4n) is 2.93. The molecule has 2 aromatic rings. The van der Waals surface area contributed by atoms with Crippen molar-refractivity contribution in [3.05, 3.63) is 65.5 Å². The molecule has 2 amide bonds. The molecule has 6 heteroatoms. The maximum Gasteiger partial charge on any atom is 0.315 e. The molecule has 1 aliphatic rings. The molecular formula is C19H21FN2O3. The third kappa shape index (κ3) is 4.28. The van der Waals surface area contributed by atoms with Crippen LogP contribution in [-0.2, 0) is 0 Å². The monoisotopic (exact) mass is 344 g/mol. The van der Waals surface area contributed by atoms with E-state index >= 15 is 0 Å². The molecule has 25 heavy (non-hydrogen) atoms. The minimum atomic E-state index is -1.10. The highest BCUT2D eigenvalue weighted by Gasteiger charge is 2.21. The molecule has 1 heterocycles. The lowest BCUT2D eigenvalue weighted by Crippen LogP contribution is -2.39. The van der Waals surface area contributed by atoms with Crippen LogP contribution in [0.3, 0.4) is 0 Å². The Balaban J connectivity index is 1.59. The molecule has 0 spiro atoms. The van der Waals surface area contributed by atoms with E-state index in [1.807, 2.05) is 24.3 Å². The predicted octanol–water partition coefficient (Wildman–Crippen LogP) is 3.07. The van der Waals surface area contributed by atoms with Crippen LogP contribution >= 0.6 is 0 Å². The van der Waals surface area contributed by atoms with Gasteiger partial charge in [0.25, 0.3) is 0 Å². The smallest absolute Gasteiger partial charge is 0.315 e. The fourth-order valence-corrected chi connectivity index (χ4v) is 2.93. The van der Waals surface area contributed by atoms with E-state index in [0.717, 1.165) is 24.2 Å². The SMILES string of the molecule is O=C(NCC(O)c1ccccc1F)NC1CCCOc2ccccc21. The van der Waals surface area contributed by atoms with Gasteiger partial charge in [0.2, 0.25) is 0 Å². The average molecular weight is 344 g/mol. The number of halogens is 1. The van der Waals surface area contributed by atoms with E-state index in [0.29, 0.717) is 6.61 Å². The second-order valence-corrected chi connectivity index (χ2v) is 5.97.